The molecule has 0 aliphatic rings. The number of sulfone groups is 1. The predicted octanol–water partition coefficient (Wildman–Crippen LogP) is 5.15. The lowest BCUT2D eigenvalue weighted by atomic mass is 10.0. The Morgan fingerprint density at radius 3 is 2.33 bits per heavy atom. The zero-order valence-electron chi connectivity index (χ0n) is 22.2. The van der Waals surface area contributed by atoms with Gasteiger partial charge in [0.1, 0.15) is 11.6 Å². The molecule has 9 nitrogen and oxygen atoms in total. The minimum atomic E-state index is -3.11. The van der Waals surface area contributed by atoms with Gasteiger partial charge < -0.3 is 20.5 Å². The van der Waals surface area contributed by atoms with Gasteiger partial charge >= 0.3 is 0 Å². The molecule has 0 atom stereocenters. The first-order valence-corrected chi connectivity index (χ1v) is 14.2. The highest BCUT2D eigenvalue weighted by Crippen LogP contribution is 2.34. The van der Waals surface area contributed by atoms with Gasteiger partial charge in [0.2, 0.25) is 11.9 Å². The van der Waals surface area contributed by atoms with E-state index < -0.39 is 9.84 Å². The molecule has 0 bridgehead atoms. The van der Waals surface area contributed by atoms with Crippen LogP contribution in [0.1, 0.15) is 16.7 Å². The summed E-state index contributed by atoms with van der Waals surface area (Å²) in [4.78, 5) is 15.6. The van der Waals surface area contributed by atoms with Gasteiger partial charge in [0.15, 0.2) is 9.84 Å². The quantitative estimate of drug-likeness (QED) is 0.258. The molecule has 0 aliphatic carbocycles. The second kappa shape index (κ2) is 11.5. The van der Waals surface area contributed by atoms with E-state index in [0.29, 0.717) is 29.7 Å². The van der Waals surface area contributed by atoms with E-state index in [-0.39, 0.29) is 24.0 Å². The number of imidazole rings is 1. The molecule has 0 fully saturated rings. The number of nitrogen functional groups attached to an aromatic ring is 1. The number of nitrogens with one attached hydrogen (secondary N) is 1. The maximum atomic E-state index is 13.6. The Balaban J connectivity index is 0.00000370. The maximum absolute atomic E-state index is 13.6. The van der Waals surface area contributed by atoms with Crippen molar-refractivity contribution < 1.29 is 12.8 Å². The summed E-state index contributed by atoms with van der Waals surface area (Å²) in [5, 5.41) is 3.17. The maximum Gasteiger partial charge on any atom is 0.229 e. The van der Waals surface area contributed by atoms with Crippen molar-refractivity contribution in [3.05, 3.63) is 95.4 Å². The molecule has 0 radical (unpaired) electrons. The topological polar surface area (TPSA) is 119 Å². The fourth-order valence-electron chi connectivity index (χ4n) is 4.45. The van der Waals surface area contributed by atoms with Crippen LogP contribution in [0, 0.1) is 5.82 Å². The number of benzene rings is 3. The number of nitrogens with zero attached hydrogens (tertiary/aromatic N) is 5. The molecule has 5 aromatic rings. The fraction of sp³-hybridized carbons (Fsp3) is 0.179. The third-order valence-electron chi connectivity index (χ3n) is 6.45. The number of fused-ring (bicyclic) bond motifs is 1. The minimum absolute atomic E-state index is 0. The van der Waals surface area contributed by atoms with E-state index >= 15 is 0 Å². The van der Waals surface area contributed by atoms with Gasteiger partial charge in [0.25, 0.3) is 0 Å². The summed E-state index contributed by atoms with van der Waals surface area (Å²) < 4.78 is 38.5. The summed E-state index contributed by atoms with van der Waals surface area (Å²) in [7, 11) is 0.666. The largest absolute Gasteiger partial charge is 0.369 e. The van der Waals surface area contributed by atoms with Crippen molar-refractivity contribution in [3.63, 3.8) is 0 Å². The van der Waals surface area contributed by atoms with Crippen LogP contribution in [0.4, 0.5) is 33.5 Å². The van der Waals surface area contributed by atoms with Crippen LogP contribution in [0.5, 0.6) is 0 Å². The van der Waals surface area contributed by atoms with Crippen molar-refractivity contribution in [3.8, 4) is 0 Å². The van der Waals surface area contributed by atoms with Gasteiger partial charge in [-0.2, -0.15) is 4.98 Å². The number of anilines is 5. The number of nitrogens with two attached hydrogens (primary N) is 1. The standard InChI is InChI=1S/C28H28FN7O2S.ClH/c1-35(25-14-15-31-28(33-25)32-21-10-6-19(7-11-21)17-39(3,37)38)23-12-13-24-26(34-27(30)36(24)2)22(23)16-18-4-8-20(29)9-5-18;/h4-15H,16-17H2,1-3H3,(H2,30,34)(H,31,32,33);1H. The summed E-state index contributed by atoms with van der Waals surface area (Å²) in [5.74, 6) is 1.13. The molecule has 0 aliphatic heterocycles. The molecule has 3 N–H and O–H groups in total. The zero-order chi connectivity index (χ0) is 27.7. The smallest absolute Gasteiger partial charge is 0.229 e. The molecule has 3 aromatic carbocycles. The Morgan fingerprint density at radius 1 is 0.975 bits per heavy atom. The van der Waals surface area contributed by atoms with Crippen molar-refractivity contribution in [2.75, 3.05) is 29.3 Å². The first-order valence-electron chi connectivity index (χ1n) is 12.2. The van der Waals surface area contributed by atoms with Gasteiger partial charge in [-0.05, 0) is 53.6 Å². The normalized spacial score (nSPS) is 11.3. The summed E-state index contributed by atoms with van der Waals surface area (Å²) in [6.45, 7) is 0. The van der Waals surface area contributed by atoms with E-state index in [0.717, 1.165) is 33.5 Å². The third kappa shape index (κ3) is 6.32. The Labute approximate surface area is 238 Å². The van der Waals surface area contributed by atoms with Gasteiger partial charge in [-0.25, -0.2) is 22.8 Å². The first kappa shape index (κ1) is 28.8. The van der Waals surface area contributed by atoms with Crippen LogP contribution in [0.2, 0.25) is 0 Å². The lowest BCUT2D eigenvalue weighted by molar-refractivity contribution is 0.601. The molecule has 208 valence electrons. The van der Waals surface area contributed by atoms with Crippen LogP contribution in [-0.2, 0) is 29.1 Å². The first-order chi connectivity index (χ1) is 18.6. The van der Waals surface area contributed by atoms with Crippen LogP contribution in [0.25, 0.3) is 11.0 Å². The Hall–Kier alpha value is -4.22. The predicted molar refractivity (Wildman–Crippen MR) is 160 cm³/mol. The zero-order valence-corrected chi connectivity index (χ0v) is 23.8. The van der Waals surface area contributed by atoms with Crippen LogP contribution in [0.15, 0.2) is 72.9 Å². The Morgan fingerprint density at radius 2 is 1.65 bits per heavy atom. The molecule has 0 unspecified atom stereocenters. The summed E-state index contributed by atoms with van der Waals surface area (Å²) >= 11 is 0. The second-order valence-electron chi connectivity index (χ2n) is 9.45. The second-order valence-corrected chi connectivity index (χ2v) is 11.6. The highest BCUT2D eigenvalue weighted by molar-refractivity contribution is 7.89. The molecule has 12 heteroatoms. The molecule has 2 aromatic heterocycles. The third-order valence-corrected chi connectivity index (χ3v) is 7.30. The molecule has 0 saturated heterocycles. The van der Waals surface area contributed by atoms with Crippen LogP contribution in [-0.4, -0.2) is 41.2 Å². The van der Waals surface area contributed by atoms with Gasteiger partial charge in [-0.3, -0.25) is 0 Å². The average molecular weight is 582 g/mol. The van der Waals surface area contributed by atoms with Gasteiger partial charge in [0.05, 0.1) is 16.8 Å². The van der Waals surface area contributed by atoms with E-state index in [1.807, 2.05) is 35.7 Å². The summed E-state index contributed by atoms with van der Waals surface area (Å²) in [6.07, 6.45) is 3.39. The number of hydrogen-bond acceptors (Lipinski definition) is 8. The van der Waals surface area contributed by atoms with E-state index in [1.165, 1.54) is 18.4 Å². The number of aryl methyl sites for hydroxylation is 1. The van der Waals surface area contributed by atoms with Crippen molar-refractivity contribution in [2.24, 2.45) is 7.05 Å². The number of rotatable bonds is 8. The Kier molecular flexibility index (Phi) is 8.26. The highest BCUT2D eigenvalue weighted by atomic mass is 35.5. The van der Waals surface area contributed by atoms with Crippen LogP contribution >= 0.6 is 12.4 Å². The number of aromatic nitrogens is 4. The number of halogens is 2. The monoisotopic (exact) mass is 581 g/mol. The molecular formula is C28H29ClFN7O2S. The van der Waals surface area contributed by atoms with Crippen molar-refractivity contribution in [1.82, 2.24) is 19.5 Å². The molecule has 2 heterocycles. The summed E-state index contributed by atoms with van der Waals surface area (Å²) in [5.41, 5.74) is 12.0. The van der Waals surface area contributed by atoms with E-state index in [9.17, 15) is 12.8 Å². The molecule has 0 saturated carbocycles. The molecule has 5 rings (SSSR count). The SMILES string of the molecule is CN(c1ccnc(Nc2ccc(CS(C)(=O)=O)cc2)n1)c1ccc2c(nc(N)n2C)c1Cc1ccc(F)cc1.Cl. The Bertz CT molecular complexity index is 1760. The lowest BCUT2D eigenvalue weighted by Gasteiger charge is -2.22. The molecule has 0 spiro atoms. The number of hydrogen-bond donors (Lipinski definition) is 2. The van der Waals surface area contributed by atoms with Crippen molar-refractivity contribution in [1.29, 1.82) is 0 Å². The van der Waals surface area contributed by atoms with Gasteiger partial charge in [-0.15, -0.1) is 12.4 Å². The molecule has 0 amide bonds. The van der Waals surface area contributed by atoms with Crippen molar-refractivity contribution in [2.45, 2.75) is 12.2 Å². The van der Waals surface area contributed by atoms with Crippen molar-refractivity contribution >= 4 is 62.4 Å². The van der Waals surface area contributed by atoms with Gasteiger partial charge in [-0.1, -0.05) is 24.3 Å². The molecular weight excluding hydrogens is 553 g/mol. The fourth-order valence-corrected chi connectivity index (χ4v) is 5.25. The lowest BCUT2D eigenvalue weighted by Crippen LogP contribution is -2.15. The average Bonchev–Trinajstić information content (AvgIpc) is 3.19. The van der Waals surface area contributed by atoms with Crippen LogP contribution in [0.3, 0.4) is 0 Å². The van der Waals surface area contributed by atoms with E-state index in [1.54, 1.807) is 48.7 Å². The molecule has 40 heavy (non-hydrogen) atoms. The van der Waals surface area contributed by atoms with Crippen LogP contribution < -0.4 is 16.0 Å². The highest BCUT2D eigenvalue weighted by Gasteiger charge is 2.19. The van der Waals surface area contributed by atoms with E-state index in [2.05, 4.69) is 15.3 Å². The van der Waals surface area contributed by atoms with E-state index in [4.69, 9.17) is 10.7 Å². The summed E-state index contributed by atoms with van der Waals surface area (Å²) in [6, 6.07) is 19.3. The minimum Gasteiger partial charge on any atom is -0.369 e. The van der Waals surface area contributed by atoms with Gasteiger partial charge in [0, 0.05) is 49.9 Å².